The molecule has 1 amide bonds. The molecule has 0 fully saturated rings. The van der Waals surface area contributed by atoms with Gasteiger partial charge in [0, 0.05) is 11.8 Å². The van der Waals surface area contributed by atoms with Gasteiger partial charge in [0.05, 0.1) is 6.26 Å². The lowest BCUT2D eigenvalue weighted by molar-refractivity contribution is -0.274. The summed E-state index contributed by atoms with van der Waals surface area (Å²) >= 11 is 0. The van der Waals surface area contributed by atoms with Crippen LogP contribution < -0.4 is 10.1 Å². The second-order valence-electron chi connectivity index (χ2n) is 4.67. The van der Waals surface area contributed by atoms with Crippen LogP contribution in [0.5, 0.6) is 5.75 Å². The molecule has 6 nitrogen and oxygen atoms in total. The minimum absolute atomic E-state index is 0.108. The molecular formula is C15H10F3N3O3. The van der Waals surface area contributed by atoms with Gasteiger partial charge in [-0.25, -0.2) is 0 Å². The van der Waals surface area contributed by atoms with Crippen molar-refractivity contribution < 1.29 is 27.1 Å². The number of benzene rings is 1. The molecular weight excluding hydrogens is 327 g/mol. The lowest BCUT2D eigenvalue weighted by atomic mass is 10.2. The molecule has 3 rings (SSSR count). The van der Waals surface area contributed by atoms with E-state index in [4.69, 9.17) is 4.42 Å². The normalized spacial score (nSPS) is 11.3. The SMILES string of the molecule is O=C(Nc1ccc(OC(F)(F)F)cc1)c1cc(-c2ccco2)[nH]n1. The van der Waals surface area contributed by atoms with Crippen molar-refractivity contribution in [1.82, 2.24) is 10.2 Å². The zero-order chi connectivity index (χ0) is 17.2. The summed E-state index contributed by atoms with van der Waals surface area (Å²) in [5.41, 5.74) is 0.938. The van der Waals surface area contributed by atoms with Crippen LogP contribution in [0.2, 0.25) is 0 Å². The molecule has 24 heavy (non-hydrogen) atoms. The largest absolute Gasteiger partial charge is 0.573 e. The highest BCUT2D eigenvalue weighted by atomic mass is 19.4. The molecule has 0 radical (unpaired) electrons. The number of anilines is 1. The molecule has 9 heteroatoms. The molecule has 0 atom stereocenters. The van der Waals surface area contributed by atoms with E-state index in [1.54, 1.807) is 12.1 Å². The number of ether oxygens (including phenoxy) is 1. The van der Waals surface area contributed by atoms with Crippen molar-refractivity contribution in [2.75, 3.05) is 5.32 Å². The number of nitrogens with zero attached hydrogens (tertiary/aromatic N) is 1. The predicted molar refractivity (Wildman–Crippen MR) is 77.4 cm³/mol. The Balaban J connectivity index is 1.66. The van der Waals surface area contributed by atoms with Crippen LogP contribution >= 0.6 is 0 Å². The highest BCUT2D eigenvalue weighted by Crippen LogP contribution is 2.24. The van der Waals surface area contributed by atoms with Gasteiger partial charge >= 0.3 is 6.36 Å². The van der Waals surface area contributed by atoms with Gasteiger partial charge in [-0.05, 0) is 36.4 Å². The highest BCUT2D eigenvalue weighted by Gasteiger charge is 2.30. The van der Waals surface area contributed by atoms with Crippen molar-refractivity contribution in [3.05, 3.63) is 54.4 Å². The first kappa shape index (κ1) is 15.7. The number of nitrogens with one attached hydrogen (secondary N) is 2. The summed E-state index contributed by atoms with van der Waals surface area (Å²) in [6.07, 6.45) is -3.28. The van der Waals surface area contributed by atoms with Crippen LogP contribution in [0.1, 0.15) is 10.5 Å². The van der Waals surface area contributed by atoms with Crippen LogP contribution in [0.4, 0.5) is 18.9 Å². The van der Waals surface area contributed by atoms with Crippen LogP contribution in [-0.2, 0) is 0 Å². The number of aromatic amines is 1. The fourth-order valence-corrected chi connectivity index (χ4v) is 1.93. The van der Waals surface area contributed by atoms with Gasteiger partial charge in [-0.15, -0.1) is 13.2 Å². The first-order chi connectivity index (χ1) is 11.4. The number of H-pyrrole nitrogens is 1. The molecule has 0 saturated heterocycles. The maximum Gasteiger partial charge on any atom is 0.573 e. The van der Waals surface area contributed by atoms with Gasteiger partial charge < -0.3 is 14.5 Å². The quantitative estimate of drug-likeness (QED) is 0.758. The highest BCUT2D eigenvalue weighted by molar-refractivity contribution is 6.03. The minimum Gasteiger partial charge on any atom is -0.463 e. The number of amides is 1. The Morgan fingerprint density at radius 1 is 1.21 bits per heavy atom. The first-order valence-corrected chi connectivity index (χ1v) is 6.67. The molecule has 2 aromatic heterocycles. The second kappa shape index (κ2) is 6.11. The lowest BCUT2D eigenvalue weighted by Gasteiger charge is -2.09. The van der Waals surface area contributed by atoms with Gasteiger partial charge in [0.1, 0.15) is 11.4 Å². The summed E-state index contributed by atoms with van der Waals surface area (Å²) in [6, 6.07) is 9.67. The van der Waals surface area contributed by atoms with Crippen molar-refractivity contribution in [3.8, 4) is 17.2 Å². The van der Waals surface area contributed by atoms with Crippen molar-refractivity contribution in [2.45, 2.75) is 6.36 Å². The first-order valence-electron chi connectivity index (χ1n) is 6.67. The molecule has 2 N–H and O–H groups in total. The number of rotatable bonds is 4. The number of carbonyl (C=O) groups is 1. The van der Waals surface area contributed by atoms with Crippen LogP contribution in [-0.4, -0.2) is 22.5 Å². The Hall–Kier alpha value is -3.23. The summed E-state index contributed by atoms with van der Waals surface area (Å²) in [5.74, 6) is -0.371. The number of aromatic nitrogens is 2. The molecule has 2 heterocycles. The van der Waals surface area contributed by atoms with Crippen molar-refractivity contribution in [1.29, 1.82) is 0 Å². The molecule has 0 unspecified atom stereocenters. The molecule has 3 aromatic rings. The van der Waals surface area contributed by atoms with E-state index in [-0.39, 0.29) is 11.4 Å². The van der Waals surface area contributed by atoms with Gasteiger partial charge in [0.2, 0.25) is 0 Å². The zero-order valence-electron chi connectivity index (χ0n) is 11.9. The van der Waals surface area contributed by atoms with E-state index in [2.05, 4.69) is 20.3 Å². The third-order valence-corrected chi connectivity index (χ3v) is 2.94. The average molecular weight is 337 g/mol. The third kappa shape index (κ3) is 3.75. The number of furan rings is 1. The van der Waals surface area contributed by atoms with Crippen LogP contribution in [0.25, 0.3) is 11.5 Å². The number of hydrogen-bond acceptors (Lipinski definition) is 4. The molecule has 0 spiro atoms. The molecule has 0 aliphatic carbocycles. The fraction of sp³-hybridized carbons (Fsp3) is 0.0667. The molecule has 0 bridgehead atoms. The van der Waals surface area contributed by atoms with E-state index in [1.165, 1.54) is 24.5 Å². The molecule has 0 aliphatic rings. The summed E-state index contributed by atoms with van der Waals surface area (Å²) < 4.78 is 45.2. The van der Waals surface area contributed by atoms with Crippen LogP contribution in [0.3, 0.4) is 0 Å². The lowest BCUT2D eigenvalue weighted by Crippen LogP contribution is -2.17. The average Bonchev–Trinajstić information content (AvgIpc) is 3.18. The number of hydrogen-bond donors (Lipinski definition) is 2. The van der Waals surface area contributed by atoms with Crippen molar-refractivity contribution in [3.63, 3.8) is 0 Å². The van der Waals surface area contributed by atoms with Crippen LogP contribution in [0.15, 0.2) is 53.1 Å². The predicted octanol–water partition coefficient (Wildman–Crippen LogP) is 3.82. The van der Waals surface area contributed by atoms with E-state index >= 15 is 0 Å². The summed E-state index contributed by atoms with van der Waals surface area (Å²) in [7, 11) is 0. The minimum atomic E-state index is -4.76. The van der Waals surface area contributed by atoms with E-state index in [1.807, 2.05) is 0 Å². The van der Waals surface area contributed by atoms with E-state index in [0.29, 0.717) is 17.1 Å². The zero-order valence-corrected chi connectivity index (χ0v) is 11.9. The summed E-state index contributed by atoms with van der Waals surface area (Å²) in [6.45, 7) is 0. The van der Waals surface area contributed by atoms with Gasteiger partial charge in [0.15, 0.2) is 11.5 Å². The maximum absolute atomic E-state index is 12.1. The molecule has 124 valence electrons. The molecule has 0 saturated carbocycles. The number of carbonyl (C=O) groups excluding carboxylic acids is 1. The molecule has 1 aromatic carbocycles. The standard InChI is InChI=1S/C15H10F3N3O3/c16-15(17,18)24-10-5-3-9(4-6-10)19-14(22)12-8-11(20-21-12)13-2-1-7-23-13/h1-8H,(H,19,22)(H,20,21). The maximum atomic E-state index is 12.1. The molecule has 0 aliphatic heterocycles. The topological polar surface area (TPSA) is 80.1 Å². The van der Waals surface area contributed by atoms with Gasteiger partial charge in [-0.3, -0.25) is 9.89 Å². The Labute approximate surface area is 133 Å². The second-order valence-corrected chi connectivity index (χ2v) is 4.67. The summed E-state index contributed by atoms with van der Waals surface area (Å²) in [4.78, 5) is 12.1. The van der Waals surface area contributed by atoms with E-state index < -0.39 is 12.3 Å². The smallest absolute Gasteiger partial charge is 0.463 e. The third-order valence-electron chi connectivity index (χ3n) is 2.94. The van der Waals surface area contributed by atoms with Gasteiger partial charge in [0.25, 0.3) is 5.91 Å². The van der Waals surface area contributed by atoms with Crippen molar-refractivity contribution in [2.24, 2.45) is 0 Å². The Bertz CT molecular complexity index is 824. The fourth-order valence-electron chi connectivity index (χ4n) is 1.93. The Morgan fingerprint density at radius 3 is 2.58 bits per heavy atom. The van der Waals surface area contributed by atoms with Crippen LogP contribution in [0, 0.1) is 0 Å². The van der Waals surface area contributed by atoms with E-state index in [0.717, 1.165) is 12.1 Å². The Kier molecular flexibility index (Phi) is 3.98. The number of alkyl halides is 3. The Morgan fingerprint density at radius 2 is 1.96 bits per heavy atom. The monoisotopic (exact) mass is 337 g/mol. The van der Waals surface area contributed by atoms with Gasteiger partial charge in [-0.1, -0.05) is 0 Å². The number of halogens is 3. The van der Waals surface area contributed by atoms with E-state index in [9.17, 15) is 18.0 Å². The summed E-state index contributed by atoms with van der Waals surface area (Å²) in [5, 5.41) is 9.04. The van der Waals surface area contributed by atoms with Crippen molar-refractivity contribution >= 4 is 11.6 Å². The van der Waals surface area contributed by atoms with Gasteiger partial charge in [-0.2, -0.15) is 5.10 Å².